The lowest BCUT2D eigenvalue weighted by Gasteiger charge is -2.26. The SMILES string of the molecule is CCOC(=O)C1=C(c2ccccc2)N=c2s/c(=C\c3cc(Cl)c(OCC#N)c(OC)c3)c(=O)n2[C@@H]1c1ccc(SC)cc1. The Kier molecular flexibility index (Phi) is 9.36. The summed E-state index contributed by atoms with van der Waals surface area (Å²) in [5.74, 6) is 0.0249. The van der Waals surface area contributed by atoms with E-state index in [0.29, 0.717) is 26.3 Å². The standard InChI is InChI=1S/C32H26ClN3O5S2/c1-4-40-31(38)26-27(20-8-6-5-7-9-20)35-32-36(28(26)21-10-12-22(42-3)13-11-21)30(37)25(43-32)18-19-16-23(33)29(41-15-14-34)24(17-19)39-2/h5-13,16-18,28H,4,15H2,1-3H3/b25-18-/t28-/m1/s1. The van der Waals surface area contributed by atoms with Crippen molar-refractivity contribution in [2.75, 3.05) is 26.6 Å². The van der Waals surface area contributed by atoms with Crippen molar-refractivity contribution in [3.05, 3.63) is 114 Å². The van der Waals surface area contributed by atoms with Gasteiger partial charge in [0.2, 0.25) is 0 Å². The number of aromatic nitrogens is 1. The Balaban J connectivity index is 1.77. The maximum absolute atomic E-state index is 14.1. The molecule has 1 aliphatic rings. The Hall–Kier alpha value is -4.30. The normalized spacial score (nSPS) is 14.5. The zero-order valence-corrected chi connectivity index (χ0v) is 25.9. The topological polar surface area (TPSA) is 103 Å². The third-order valence-electron chi connectivity index (χ3n) is 6.64. The summed E-state index contributed by atoms with van der Waals surface area (Å²) in [6.45, 7) is 1.72. The molecule has 0 saturated carbocycles. The monoisotopic (exact) mass is 631 g/mol. The first-order chi connectivity index (χ1) is 20.9. The van der Waals surface area contributed by atoms with E-state index in [2.05, 4.69) is 0 Å². The molecule has 5 rings (SSSR count). The molecule has 3 aromatic carbocycles. The smallest absolute Gasteiger partial charge is 0.338 e. The second-order valence-electron chi connectivity index (χ2n) is 9.19. The van der Waals surface area contributed by atoms with Crippen LogP contribution in [0.2, 0.25) is 5.02 Å². The largest absolute Gasteiger partial charge is 0.493 e. The molecule has 43 heavy (non-hydrogen) atoms. The summed E-state index contributed by atoms with van der Waals surface area (Å²) in [5.41, 5.74) is 2.49. The number of hydrogen-bond donors (Lipinski definition) is 0. The van der Waals surface area contributed by atoms with Crippen LogP contribution in [0.4, 0.5) is 0 Å². The Bertz CT molecular complexity index is 1930. The van der Waals surface area contributed by atoms with Gasteiger partial charge in [-0.25, -0.2) is 9.79 Å². The first-order valence-corrected chi connectivity index (χ1v) is 15.6. The molecule has 0 saturated heterocycles. The number of ether oxygens (including phenoxy) is 3. The van der Waals surface area contributed by atoms with Gasteiger partial charge in [-0.05, 0) is 54.6 Å². The summed E-state index contributed by atoms with van der Waals surface area (Å²) in [7, 11) is 1.47. The van der Waals surface area contributed by atoms with Crippen molar-refractivity contribution in [3.63, 3.8) is 0 Å². The highest BCUT2D eigenvalue weighted by atomic mass is 35.5. The Labute approximate surface area is 261 Å². The lowest BCUT2D eigenvalue weighted by molar-refractivity contribution is -0.138. The van der Waals surface area contributed by atoms with Gasteiger partial charge in [0.05, 0.1) is 40.6 Å². The van der Waals surface area contributed by atoms with Gasteiger partial charge in [0, 0.05) is 10.5 Å². The summed E-state index contributed by atoms with van der Waals surface area (Å²) in [4.78, 5) is 34.1. The van der Waals surface area contributed by atoms with E-state index in [1.54, 1.807) is 41.5 Å². The van der Waals surface area contributed by atoms with Crippen LogP contribution in [0.25, 0.3) is 11.8 Å². The summed E-state index contributed by atoms with van der Waals surface area (Å²) < 4.78 is 18.3. The minimum atomic E-state index is -0.775. The van der Waals surface area contributed by atoms with Crippen LogP contribution in [0.3, 0.4) is 0 Å². The molecule has 1 atom stereocenters. The quantitative estimate of drug-likeness (QED) is 0.184. The van der Waals surface area contributed by atoms with Crippen molar-refractivity contribution in [2.45, 2.75) is 17.9 Å². The number of thioether (sulfide) groups is 1. The number of hydrogen-bond acceptors (Lipinski definition) is 9. The number of fused-ring (bicyclic) bond motifs is 1. The minimum Gasteiger partial charge on any atom is -0.493 e. The Morgan fingerprint density at radius 3 is 2.58 bits per heavy atom. The molecule has 0 amide bonds. The van der Waals surface area contributed by atoms with Gasteiger partial charge in [-0.3, -0.25) is 9.36 Å². The molecule has 0 radical (unpaired) electrons. The lowest BCUT2D eigenvalue weighted by atomic mass is 9.93. The third kappa shape index (κ3) is 6.11. The van der Waals surface area contributed by atoms with Crippen LogP contribution in [0.1, 0.15) is 29.7 Å². The fourth-order valence-electron chi connectivity index (χ4n) is 4.76. The summed E-state index contributed by atoms with van der Waals surface area (Å²) in [6.07, 6.45) is 3.68. The molecule has 0 spiro atoms. The van der Waals surface area contributed by atoms with Crippen LogP contribution in [0.5, 0.6) is 11.5 Å². The number of rotatable bonds is 9. The van der Waals surface area contributed by atoms with E-state index in [0.717, 1.165) is 16.0 Å². The molecular formula is C32H26ClN3O5S2. The zero-order valence-electron chi connectivity index (χ0n) is 23.5. The van der Waals surface area contributed by atoms with Crippen molar-refractivity contribution in [1.29, 1.82) is 5.26 Å². The van der Waals surface area contributed by atoms with E-state index < -0.39 is 12.0 Å². The van der Waals surface area contributed by atoms with E-state index in [9.17, 15) is 9.59 Å². The van der Waals surface area contributed by atoms with Crippen LogP contribution in [-0.4, -0.2) is 37.1 Å². The molecular weight excluding hydrogens is 606 g/mol. The molecule has 0 unspecified atom stereocenters. The molecule has 0 aliphatic carbocycles. The molecule has 1 aliphatic heterocycles. The number of nitriles is 1. The summed E-state index contributed by atoms with van der Waals surface area (Å²) >= 11 is 9.27. The van der Waals surface area contributed by atoms with Crippen LogP contribution in [0.15, 0.2) is 87.0 Å². The fraction of sp³-hybridized carbons (Fsp3) is 0.188. The van der Waals surface area contributed by atoms with E-state index in [1.165, 1.54) is 18.4 Å². The van der Waals surface area contributed by atoms with E-state index >= 15 is 0 Å². The molecule has 4 aromatic rings. The predicted octanol–water partition coefficient (Wildman–Crippen LogP) is 5.22. The number of benzene rings is 3. The molecule has 0 bridgehead atoms. The molecule has 1 aromatic heterocycles. The van der Waals surface area contributed by atoms with Crippen molar-refractivity contribution >= 4 is 52.4 Å². The number of methoxy groups -OCH3 is 1. The van der Waals surface area contributed by atoms with E-state index in [-0.39, 0.29) is 35.1 Å². The number of nitrogens with zero attached hydrogens (tertiary/aromatic N) is 3. The second kappa shape index (κ2) is 13.3. The van der Waals surface area contributed by atoms with Gasteiger partial charge >= 0.3 is 5.97 Å². The van der Waals surface area contributed by atoms with Crippen LogP contribution in [0, 0.1) is 11.3 Å². The average molecular weight is 632 g/mol. The fourth-order valence-corrected chi connectivity index (χ4v) is 6.44. The van der Waals surface area contributed by atoms with Crippen molar-refractivity contribution < 1.29 is 19.0 Å². The number of esters is 1. The molecule has 0 N–H and O–H groups in total. The van der Waals surface area contributed by atoms with Crippen LogP contribution in [-0.2, 0) is 9.53 Å². The second-order valence-corrected chi connectivity index (χ2v) is 11.5. The van der Waals surface area contributed by atoms with Gasteiger partial charge in [0.1, 0.15) is 6.07 Å². The molecule has 2 heterocycles. The number of halogens is 1. The minimum absolute atomic E-state index is 0.170. The average Bonchev–Trinajstić information content (AvgIpc) is 3.34. The highest BCUT2D eigenvalue weighted by molar-refractivity contribution is 7.98. The maximum atomic E-state index is 14.1. The highest BCUT2D eigenvalue weighted by Gasteiger charge is 2.35. The third-order valence-corrected chi connectivity index (χ3v) is 8.64. The van der Waals surface area contributed by atoms with Crippen molar-refractivity contribution in [3.8, 4) is 17.6 Å². The lowest BCUT2D eigenvalue weighted by Crippen LogP contribution is -2.40. The summed E-state index contributed by atoms with van der Waals surface area (Å²) in [5, 5.41) is 9.14. The number of carbonyl (C=O) groups is 1. The van der Waals surface area contributed by atoms with E-state index in [4.69, 9.17) is 36.1 Å². The predicted molar refractivity (Wildman–Crippen MR) is 168 cm³/mol. The first-order valence-electron chi connectivity index (χ1n) is 13.2. The van der Waals surface area contributed by atoms with Crippen LogP contribution < -0.4 is 24.4 Å². The van der Waals surface area contributed by atoms with E-state index in [1.807, 2.05) is 66.9 Å². The van der Waals surface area contributed by atoms with Gasteiger partial charge in [0.25, 0.3) is 5.56 Å². The first kappa shape index (κ1) is 30.2. The Morgan fingerprint density at radius 1 is 1.19 bits per heavy atom. The Morgan fingerprint density at radius 2 is 1.93 bits per heavy atom. The van der Waals surface area contributed by atoms with Gasteiger partial charge in [0.15, 0.2) is 22.9 Å². The maximum Gasteiger partial charge on any atom is 0.338 e. The molecule has 0 fully saturated rings. The van der Waals surface area contributed by atoms with Crippen LogP contribution >= 0.6 is 34.7 Å². The van der Waals surface area contributed by atoms with Gasteiger partial charge in [-0.15, -0.1) is 11.8 Å². The van der Waals surface area contributed by atoms with Gasteiger partial charge < -0.3 is 14.2 Å². The molecule has 218 valence electrons. The van der Waals surface area contributed by atoms with Crippen molar-refractivity contribution in [2.24, 2.45) is 4.99 Å². The van der Waals surface area contributed by atoms with Crippen molar-refractivity contribution in [1.82, 2.24) is 4.57 Å². The number of thiazole rings is 1. The van der Waals surface area contributed by atoms with Gasteiger partial charge in [-0.2, -0.15) is 5.26 Å². The van der Waals surface area contributed by atoms with Gasteiger partial charge in [-0.1, -0.05) is 65.4 Å². The number of carbonyl (C=O) groups excluding carboxylic acids is 1. The molecule has 11 heteroatoms. The zero-order chi connectivity index (χ0) is 30.5. The highest BCUT2D eigenvalue weighted by Crippen LogP contribution is 2.37. The molecule has 8 nitrogen and oxygen atoms in total. The summed E-state index contributed by atoms with van der Waals surface area (Å²) in [6, 6.07) is 21.6.